The Kier molecular flexibility index (Phi) is 5.31. The fraction of sp³-hybridized carbons (Fsp3) is 0.381. The van der Waals surface area contributed by atoms with Crippen molar-refractivity contribution in [2.45, 2.75) is 44.6 Å². The molecule has 0 amide bonds. The number of carbonyl (C=O) groups is 1. The first-order valence-corrected chi connectivity index (χ1v) is 8.80. The van der Waals surface area contributed by atoms with E-state index in [1.807, 2.05) is 12.1 Å². The SMILES string of the molecule is CCC[C@@H](N)CCC(=O)OCC1c2ccccc2-c2ccccc21. The van der Waals surface area contributed by atoms with E-state index >= 15 is 0 Å². The van der Waals surface area contributed by atoms with Crippen molar-refractivity contribution in [1.29, 1.82) is 0 Å². The Morgan fingerprint density at radius 3 is 2.21 bits per heavy atom. The number of carbonyl (C=O) groups excluding carboxylic acids is 1. The van der Waals surface area contributed by atoms with Crippen molar-refractivity contribution in [3.8, 4) is 11.1 Å². The normalized spacial score (nSPS) is 14.1. The second-order valence-electron chi connectivity index (χ2n) is 6.50. The molecule has 126 valence electrons. The average Bonchev–Trinajstić information content (AvgIpc) is 2.92. The van der Waals surface area contributed by atoms with Gasteiger partial charge < -0.3 is 10.5 Å². The van der Waals surface area contributed by atoms with Crippen LogP contribution in [0.4, 0.5) is 0 Å². The lowest BCUT2D eigenvalue weighted by Crippen LogP contribution is -2.21. The van der Waals surface area contributed by atoms with Crippen LogP contribution in [0.25, 0.3) is 11.1 Å². The molecule has 2 N–H and O–H groups in total. The highest BCUT2D eigenvalue weighted by Gasteiger charge is 2.28. The van der Waals surface area contributed by atoms with Gasteiger partial charge in [-0.15, -0.1) is 0 Å². The molecule has 0 spiro atoms. The van der Waals surface area contributed by atoms with E-state index in [2.05, 4.69) is 43.3 Å². The second-order valence-corrected chi connectivity index (χ2v) is 6.50. The summed E-state index contributed by atoms with van der Waals surface area (Å²) in [6.45, 7) is 2.50. The topological polar surface area (TPSA) is 52.3 Å². The van der Waals surface area contributed by atoms with E-state index in [1.165, 1.54) is 22.3 Å². The van der Waals surface area contributed by atoms with E-state index < -0.39 is 0 Å². The molecule has 0 saturated heterocycles. The Hall–Kier alpha value is -2.13. The van der Waals surface area contributed by atoms with Crippen LogP contribution in [-0.4, -0.2) is 18.6 Å². The number of ether oxygens (including phenoxy) is 1. The molecule has 3 rings (SSSR count). The van der Waals surface area contributed by atoms with E-state index in [0.29, 0.717) is 19.4 Å². The van der Waals surface area contributed by atoms with E-state index in [4.69, 9.17) is 10.5 Å². The van der Waals surface area contributed by atoms with Crippen molar-refractivity contribution in [3.63, 3.8) is 0 Å². The third-order valence-corrected chi connectivity index (χ3v) is 4.75. The van der Waals surface area contributed by atoms with E-state index in [0.717, 1.165) is 12.8 Å². The van der Waals surface area contributed by atoms with Gasteiger partial charge in [0.2, 0.25) is 0 Å². The van der Waals surface area contributed by atoms with Gasteiger partial charge in [0, 0.05) is 18.4 Å². The van der Waals surface area contributed by atoms with Crippen LogP contribution < -0.4 is 5.73 Å². The van der Waals surface area contributed by atoms with Crippen molar-refractivity contribution in [2.75, 3.05) is 6.61 Å². The van der Waals surface area contributed by atoms with Gasteiger partial charge in [0.05, 0.1) is 0 Å². The van der Waals surface area contributed by atoms with Crippen molar-refractivity contribution < 1.29 is 9.53 Å². The summed E-state index contributed by atoms with van der Waals surface area (Å²) >= 11 is 0. The quantitative estimate of drug-likeness (QED) is 0.775. The van der Waals surface area contributed by atoms with Gasteiger partial charge in [0.15, 0.2) is 0 Å². The average molecular weight is 323 g/mol. The third kappa shape index (κ3) is 3.51. The molecule has 1 aliphatic carbocycles. The number of hydrogen-bond acceptors (Lipinski definition) is 3. The molecule has 2 aromatic rings. The summed E-state index contributed by atoms with van der Waals surface area (Å²) in [6.07, 6.45) is 3.10. The Balaban J connectivity index is 1.64. The largest absolute Gasteiger partial charge is 0.465 e. The molecule has 1 atom stereocenters. The van der Waals surface area contributed by atoms with Crippen LogP contribution >= 0.6 is 0 Å². The maximum atomic E-state index is 12.1. The highest BCUT2D eigenvalue weighted by Crippen LogP contribution is 2.44. The van der Waals surface area contributed by atoms with Gasteiger partial charge in [-0.2, -0.15) is 0 Å². The maximum Gasteiger partial charge on any atom is 0.305 e. The smallest absolute Gasteiger partial charge is 0.305 e. The zero-order chi connectivity index (χ0) is 16.9. The molecule has 0 saturated carbocycles. The molecule has 0 radical (unpaired) electrons. The van der Waals surface area contributed by atoms with E-state index in [9.17, 15) is 4.79 Å². The van der Waals surface area contributed by atoms with Crippen LogP contribution in [0.5, 0.6) is 0 Å². The Morgan fingerprint density at radius 2 is 1.62 bits per heavy atom. The van der Waals surface area contributed by atoms with Crippen molar-refractivity contribution in [2.24, 2.45) is 5.73 Å². The van der Waals surface area contributed by atoms with Gasteiger partial charge in [0.1, 0.15) is 6.61 Å². The standard InChI is InChI=1S/C21H25NO2/c1-2-7-15(22)12-13-21(23)24-14-20-18-10-5-3-8-16(18)17-9-4-6-11-19(17)20/h3-6,8-11,15,20H,2,7,12-14,22H2,1H3/t15-/m1/s1. The fourth-order valence-corrected chi connectivity index (χ4v) is 3.51. The van der Waals surface area contributed by atoms with Crippen LogP contribution in [-0.2, 0) is 9.53 Å². The van der Waals surface area contributed by atoms with Crippen molar-refractivity contribution in [1.82, 2.24) is 0 Å². The first kappa shape index (κ1) is 16.7. The lowest BCUT2D eigenvalue weighted by atomic mass is 9.98. The predicted octanol–water partition coefficient (Wildman–Crippen LogP) is 4.25. The van der Waals surface area contributed by atoms with Crippen molar-refractivity contribution >= 4 is 5.97 Å². The third-order valence-electron chi connectivity index (χ3n) is 4.75. The zero-order valence-corrected chi connectivity index (χ0v) is 14.2. The van der Waals surface area contributed by atoms with Crippen LogP contribution in [0.2, 0.25) is 0 Å². The minimum atomic E-state index is -0.150. The maximum absolute atomic E-state index is 12.1. The lowest BCUT2D eigenvalue weighted by molar-refractivity contribution is -0.144. The van der Waals surface area contributed by atoms with E-state index in [-0.39, 0.29) is 17.9 Å². The number of benzene rings is 2. The first-order chi connectivity index (χ1) is 11.7. The van der Waals surface area contributed by atoms with Crippen LogP contribution in [0.3, 0.4) is 0 Å². The molecule has 1 aliphatic rings. The summed E-state index contributed by atoms with van der Waals surface area (Å²) in [5.74, 6) is -0.0194. The summed E-state index contributed by atoms with van der Waals surface area (Å²) < 4.78 is 5.57. The fourth-order valence-electron chi connectivity index (χ4n) is 3.51. The molecule has 0 aliphatic heterocycles. The van der Waals surface area contributed by atoms with Gasteiger partial charge in [-0.3, -0.25) is 4.79 Å². The molecular weight excluding hydrogens is 298 g/mol. The minimum absolute atomic E-state index is 0.0930. The Labute approximate surface area is 143 Å². The summed E-state index contributed by atoms with van der Waals surface area (Å²) in [4.78, 5) is 12.1. The monoisotopic (exact) mass is 323 g/mol. The predicted molar refractivity (Wildman–Crippen MR) is 96.8 cm³/mol. The van der Waals surface area contributed by atoms with Gasteiger partial charge in [-0.05, 0) is 35.1 Å². The molecule has 0 fully saturated rings. The van der Waals surface area contributed by atoms with E-state index in [1.54, 1.807) is 0 Å². The molecule has 2 aromatic carbocycles. The molecule has 0 bridgehead atoms. The number of nitrogens with two attached hydrogens (primary N) is 1. The molecule has 0 heterocycles. The van der Waals surface area contributed by atoms with Crippen LogP contribution in [0, 0.1) is 0 Å². The van der Waals surface area contributed by atoms with Gasteiger partial charge in [0.25, 0.3) is 0 Å². The number of hydrogen-bond donors (Lipinski definition) is 1. The second kappa shape index (κ2) is 7.63. The summed E-state index contributed by atoms with van der Waals surface area (Å²) in [5, 5.41) is 0. The van der Waals surface area contributed by atoms with Crippen LogP contribution in [0.15, 0.2) is 48.5 Å². The summed E-state index contributed by atoms with van der Waals surface area (Å²) in [6, 6.07) is 16.8. The molecule has 3 heteroatoms. The highest BCUT2D eigenvalue weighted by molar-refractivity contribution is 5.79. The number of fused-ring (bicyclic) bond motifs is 3. The molecule has 3 nitrogen and oxygen atoms in total. The zero-order valence-electron chi connectivity index (χ0n) is 14.2. The van der Waals surface area contributed by atoms with Crippen LogP contribution in [0.1, 0.15) is 49.7 Å². The van der Waals surface area contributed by atoms with Gasteiger partial charge >= 0.3 is 5.97 Å². The van der Waals surface area contributed by atoms with Gasteiger partial charge in [-0.1, -0.05) is 61.9 Å². The Morgan fingerprint density at radius 1 is 1.04 bits per heavy atom. The minimum Gasteiger partial charge on any atom is -0.465 e. The summed E-state index contributed by atoms with van der Waals surface area (Å²) in [7, 11) is 0. The van der Waals surface area contributed by atoms with Crippen molar-refractivity contribution in [3.05, 3.63) is 59.7 Å². The lowest BCUT2D eigenvalue weighted by Gasteiger charge is -2.15. The number of rotatable bonds is 7. The molecule has 0 unspecified atom stereocenters. The number of esters is 1. The highest BCUT2D eigenvalue weighted by atomic mass is 16.5. The molecule has 24 heavy (non-hydrogen) atoms. The first-order valence-electron chi connectivity index (χ1n) is 8.80. The summed E-state index contributed by atoms with van der Waals surface area (Å²) in [5.41, 5.74) is 11.0. The Bertz CT molecular complexity index is 665. The molecular formula is C21H25NO2. The molecule has 0 aromatic heterocycles. The van der Waals surface area contributed by atoms with Gasteiger partial charge in [-0.25, -0.2) is 0 Å².